The van der Waals surface area contributed by atoms with E-state index in [0.29, 0.717) is 5.56 Å². The van der Waals surface area contributed by atoms with Crippen molar-refractivity contribution in [3.05, 3.63) is 28.4 Å². The summed E-state index contributed by atoms with van der Waals surface area (Å²) in [7, 11) is 0. The largest absolute Gasteiger partial charge is 0.277 e. The molecule has 12 heavy (non-hydrogen) atoms. The number of nitrogens with one attached hydrogen (secondary N) is 1. The zero-order valence-corrected chi connectivity index (χ0v) is 7.59. The van der Waals surface area contributed by atoms with E-state index in [-0.39, 0.29) is 0 Å². The van der Waals surface area contributed by atoms with Crippen LogP contribution in [0.15, 0.2) is 22.8 Å². The minimum atomic E-state index is 0.635. The van der Waals surface area contributed by atoms with E-state index in [1.165, 1.54) is 0 Å². The predicted molar refractivity (Wildman–Crippen MR) is 48.5 cm³/mol. The highest BCUT2D eigenvalue weighted by Gasteiger charge is 2.02. The Labute approximate surface area is 77.1 Å². The van der Waals surface area contributed by atoms with Crippen molar-refractivity contribution in [2.24, 2.45) is 0 Å². The Kier molecular flexibility index (Phi) is 1.59. The SMILES string of the molecule is N#Cc1cc(Br)c2[nH]ncc2c1. The number of fused-ring (bicyclic) bond motifs is 1. The van der Waals surface area contributed by atoms with Gasteiger partial charge in [0.05, 0.1) is 23.3 Å². The van der Waals surface area contributed by atoms with E-state index in [9.17, 15) is 0 Å². The molecule has 0 aliphatic carbocycles. The number of hydrogen-bond donors (Lipinski definition) is 1. The fourth-order valence-corrected chi connectivity index (χ4v) is 1.64. The second-order valence-electron chi connectivity index (χ2n) is 2.40. The van der Waals surface area contributed by atoms with Gasteiger partial charge < -0.3 is 0 Å². The molecule has 0 bridgehead atoms. The van der Waals surface area contributed by atoms with Gasteiger partial charge in [-0.3, -0.25) is 5.10 Å². The molecular weight excluding hydrogens is 218 g/mol. The number of aromatic nitrogens is 2. The normalized spacial score (nSPS) is 10.0. The van der Waals surface area contributed by atoms with Gasteiger partial charge in [-0.25, -0.2) is 0 Å². The van der Waals surface area contributed by atoms with E-state index < -0.39 is 0 Å². The Morgan fingerprint density at radius 3 is 3.08 bits per heavy atom. The standard InChI is InChI=1S/C8H4BrN3/c9-7-2-5(3-10)1-6-4-11-12-8(6)7/h1-2,4H,(H,11,12). The van der Waals surface area contributed by atoms with Crippen LogP contribution < -0.4 is 0 Å². The minimum absolute atomic E-state index is 0.635. The van der Waals surface area contributed by atoms with E-state index in [2.05, 4.69) is 32.2 Å². The van der Waals surface area contributed by atoms with Gasteiger partial charge in [-0.1, -0.05) is 0 Å². The fraction of sp³-hybridized carbons (Fsp3) is 0. The van der Waals surface area contributed by atoms with Crippen LogP contribution in [0.4, 0.5) is 0 Å². The first-order valence-electron chi connectivity index (χ1n) is 3.34. The van der Waals surface area contributed by atoms with Crippen molar-refractivity contribution in [3.63, 3.8) is 0 Å². The lowest BCUT2D eigenvalue weighted by atomic mass is 10.2. The number of rotatable bonds is 0. The first kappa shape index (κ1) is 7.32. The molecule has 0 atom stereocenters. The van der Waals surface area contributed by atoms with Crippen LogP contribution in [0.1, 0.15) is 5.56 Å². The monoisotopic (exact) mass is 221 g/mol. The van der Waals surface area contributed by atoms with Gasteiger partial charge in [0.2, 0.25) is 0 Å². The Morgan fingerprint density at radius 2 is 2.33 bits per heavy atom. The molecule has 0 radical (unpaired) electrons. The second kappa shape index (κ2) is 2.61. The van der Waals surface area contributed by atoms with E-state index in [4.69, 9.17) is 5.26 Å². The van der Waals surface area contributed by atoms with Gasteiger partial charge in [0.15, 0.2) is 0 Å². The summed E-state index contributed by atoms with van der Waals surface area (Å²) < 4.78 is 0.869. The van der Waals surface area contributed by atoms with Gasteiger partial charge in [-0.2, -0.15) is 10.4 Å². The van der Waals surface area contributed by atoms with Crippen LogP contribution in [0.5, 0.6) is 0 Å². The topological polar surface area (TPSA) is 52.5 Å². The summed E-state index contributed by atoms with van der Waals surface area (Å²) in [6.07, 6.45) is 1.70. The third-order valence-corrected chi connectivity index (χ3v) is 2.26. The molecule has 0 spiro atoms. The molecule has 1 aromatic heterocycles. The highest BCUT2D eigenvalue weighted by Crippen LogP contribution is 2.22. The summed E-state index contributed by atoms with van der Waals surface area (Å²) in [5.41, 5.74) is 1.56. The summed E-state index contributed by atoms with van der Waals surface area (Å²) in [4.78, 5) is 0. The van der Waals surface area contributed by atoms with Gasteiger partial charge in [-0.05, 0) is 28.1 Å². The third-order valence-electron chi connectivity index (χ3n) is 1.63. The molecule has 0 unspecified atom stereocenters. The minimum Gasteiger partial charge on any atom is -0.277 e. The van der Waals surface area contributed by atoms with Crippen LogP contribution in [-0.2, 0) is 0 Å². The molecule has 4 heteroatoms. The number of nitrogens with zero attached hydrogens (tertiary/aromatic N) is 2. The maximum Gasteiger partial charge on any atom is 0.0992 e. The van der Waals surface area contributed by atoms with Gasteiger partial charge in [0, 0.05) is 9.86 Å². The number of nitriles is 1. The molecule has 0 aliphatic rings. The quantitative estimate of drug-likeness (QED) is 0.742. The van der Waals surface area contributed by atoms with Crippen LogP contribution in [0.2, 0.25) is 0 Å². The van der Waals surface area contributed by atoms with Gasteiger partial charge in [-0.15, -0.1) is 0 Å². The van der Waals surface area contributed by atoms with Crippen LogP contribution in [0.25, 0.3) is 10.9 Å². The van der Waals surface area contributed by atoms with E-state index in [0.717, 1.165) is 15.4 Å². The van der Waals surface area contributed by atoms with Crippen LogP contribution in [0.3, 0.4) is 0 Å². The molecule has 0 saturated carbocycles. The molecule has 0 fully saturated rings. The molecule has 2 rings (SSSR count). The fourth-order valence-electron chi connectivity index (χ4n) is 1.08. The zero-order valence-electron chi connectivity index (χ0n) is 6.00. The summed E-state index contributed by atoms with van der Waals surface area (Å²) in [6, 6.07) is 5.64. The molecule has 1 aromatic carbocycles. The molecule has 2 aromatic rings. The van der Waals surface area contributed by atoms with Crippen molar-refractivity contribution in [2.75, 3.05) is 0 Å². The van der Waals surface area contributed by atoms with Crippen LogP contribution >= 0.6 is 15.9 Å². The van der Waals surface area contributed by atoms with Gasteiger partial charge >= 0.3 is 0 Å². The third kappa shape index (κ3) is 0.990. The zero-order chi connectivity index (χ0) is 8.55. The first-order valence-corrected chi connectivity index (χ1v) is 4.13. The molecule has 0 aliphatic heterocycles. The van der Waals surface area contributed by atoms with Gasteiger partial charge in [0.1, 0.15) is 0 Å². The highest BCUT2D eigenvalue weighted by atomic mass is 79.9. The molecule has 1 heterocycles. The lowest BCUT2D eigenvalue weighted by Crippen LogP contribution is -1.76. The maximum atomic E-state index is 8.66. The number of halogens is 1. The van der Waals surface area contributed by atoms with Crippen LogP contribution in [0, 0.1) is 11.3 Å². The number of aromatic amines is 1. The average molecular weight is 222 g/mol. The molecule has 0 amide bonds. The summed E-state index contributed by atoms with van der Waals surface area (Å²) in [6.45, 7) is 0. The highest BCUT2D eigenvalue weighted by molar-refractivity contribution is 9.10. The molecule has 58 valence electrons. The Bertz CT molecular complexity index is 467. The number of hydrogen-bond acceptors (Lipinski definition) is 2. The first-order chi connectivity index (χ1) is 5.81. The number of benzene rings is 1. The molecule has 0 saturated heterocycles. The Balaban J connectivity index is 2.86. The van der Waals surface area contributed by atoms with Crippen molar-refractivity contribution in [3.8, 4) is 6.07 Å². The summed E-state index contributed by atoms with van der Waals surface area (Å²) >= 11 is 3.35. The maximum absolute atomic E-state index is 8.66. The van der Waals surface area contributed by atoms with Crippen molar-refractivity contribution in [1.29, 1.82) is 5.26 Å². The summed E-state index contributed by atoms with van der Waals surface area (Å²) in [5, 5.41) is 16.3. The van der Waals surface area contributed by atoms with Crippen molar-refractivity contribution < 1.29 is 0 Å². The van der Waals surface area contributed by atoms with Crippen molar-refractivity contribution in [1.82, 2.24) is 10.2 Å². The van der Waals surface area contributed by atoms with E-state index in [1.54, 1.807) is 18.3 Å². The lowest BCUT2D eigenvalue weighted by Gasteiger charge is -1.93. The summed E-state index contributed by atoms with van der Waals surface area (Å²) in [5.74, 6) is 0. The van der Waals surface area contributed by atoms with Gasteiger partial charge in [0.25, 0.3) is 0 Å². The molecular formula is C8H4BrN3. The van der Waals surface area contributed by atoms with Crippen LogP contribution in [-0.4, -0.2) is 10.2 Å². The van der Waals surface area contributed by atoms with E-state index >= 15 is 0 Å². The molecule has 3 nitrogen and oxygen atoms in total. The molecule has 1 N–H and O–H groups in total. The Morgan fingerprint density at radius 1 is 1.50 bits per heavy atom. The second-order valence-corrected chi connectivity index (χ2v) is 3.26. The smallest absolute Gasteiger partial charge is 0.0992 e. The number of H-pyrrole nitrogens is 1. The predicted octanol–water partition coefficient (Wildman–Crippen LogP) is 2.20. The van der Waals surface area contributed by atoms with Crippen molar-refractivity contribution in [2.45, 2.75) is 0 Å². The Hall–Kier alpha value is -1.34. The lowest BCUT2D eigenvalue weighted by molar-refractivity contribution is 1.12. The van der Waals surface area contributed by atoms with Crippen molar-refractivity contribution >= 4 is 26.8 Å². The average Bonchev–Trinajstić information content (AvgIpc) is 2.52. The van der Waals surface area contributed by atoms with E-state index in [1.807, 2.05) is 0 Å².